The van der Waals surface area contributed by atoms with Crippen molar-refractivity contribution in [3.05, 3.63) is 23.8 Å². The van der Waals surface area contributed by atoms with Gasteiger partial charge in [-0.25, -0.2) is 0 Å². The lowest BCUT2D eigenvalue weighted by Gasteiger charge is -2.12. The quantitative estimate of drug-likeness (QED) is 0.613. The number of unbranched alkanes of at least 4 members (excludes halogenated alkanes) is 2. The van der Waals surface area contributed by atoms with Crippen molar-refractivity contribution in [2.75, 3.05) is 18.9 Å². The molecule has 0 bridgehead atoms. The summed E-state index contributed by atoms with van der Waals surface area (Å²) in [7, 11) is 0. The first-order chi connectivity index (χ1) is 8.45. The van der Waals surface area contributed by atoms with E-state index in [1.165, 1.54) is 6.07 Å². The lowest BCUT2D eigenvalue weighted by atomic mass is 10.2. The highest BCUT2D eigenvalue weighted by Gasteiger charge is 2.30. The third-order valence-corrected chi connectivity index (χ3v) is 2.40. The smallest absolute Gasteiger partial charge is 0.416 e. The highest BCUT2D eigenvalue weighted by atomic mass is 19.4. The Kier molecular flexibility index (Phi) is 5.27. The number of hydrogen-bond donors (Lipinski definition) is 2. The number of halogens is 3. The molecule has 0 heterocycles. The summed E-state index contributed by atoms with van der Waals surface area (Å²) in [5.74, 6) is 0.256. The van der Waals surface area contributed by atoms with Gasteiger partial charge in [-0.2, -0.15) is 13.2 Å². The topological polar surface area (TPSA) is 55.5 Å². The van der Waals surface area contributed by atoms with Crippen molar-refractivity contribution in [3.63, 3.8) is 0 Å². The van der Waals surface area contributed by atoms with Crippen LogP contribution in [-0.2, 0) is 6.18 Å². The number of nitrogen functional groups attached to an aromatic ring is 1. The van der Waals surface area contributed by atoms with E-state index >= 15 is 0 Å². The maximum absolute atomic E-state index is 12.4. The van der Waals surface area contributed by atoms with Crippen LogP contribution in [0.3, 0.4) is 0 Å². The molecule has 0 unspecified atom stereocenters. The summed E-state index contributed by atoms with van der Waals surface area (Å²) in [6.07, 6.45) is -2.18. The molecule has 102 valence electrons. The van der Waals surface area contributed by atoms with Crippen LogP contribution in [0.15, 0.2) is 18.2 Å². The number of hydrogen-bond acceptors (Lipinski definition) is 3. The van der Waals surface area contributed by atoms with Gasteiger partial charge in [0.05, 0.1) is 17.9 Å². The van der Waals surface area contributed by atoms with Gasteiger partial charge in [0.25, 0.3) is 0 Å². The molecule has 1 rings (SSSR count). The first-order valence-electron chi connectivity index (χ1n) is 5.65. The Morgan fingerprint density at radius 2 is 1.89 bits per heavy atom. The van der Waals surface area contributed by atoms with Crippen molar-refractivity contribution < 1.29 is 23.0 Å². The standard InChI is InChI=1S/C12H16F3NO2/c13-12(14,15)9-4-5-11(10(16)8-9)18-7-3-1-2-6-17/h4-5,8,17H,1-3,6-7,16H2. The normalized spacial score (nSPS) is 11.6. The molecule has 0 saturated heterocycles. The molecule has 3 nitrogen and oxygen atoms in total. The minimum atomic E-state index is -4.40. The Morgan fingerprint density at radius 3 is 2.44 bits per heavy atom. The summed E-state index contributed by atoms with van der Waals surface area (Å²) in [6.45, 7) is 0.498. The Labute approximate surface area is 103 Å². The number of alkyl halides is 3. The van der Waals surface area contributed by atoms with Crippen LogP contribution in [0.5, 0.6) is 5.75 Å². The van der Waals surface area contributed by atoms with Crippen molar-refractivity contribution in [2.45, 2.75) is 25.4 Å². The Balaban J connectivity index is 2.53. The molecular weight excluding hydrogens is 247 g/mol. The van der Waals surface area contributed by atoms with Crippen molar-refractivity contribution >= 4 is 5.69 Å². The monoisotopic (exact) mass is 263 g/mol. The summed E-state index contributed by atoms with van der Waals surface area (Å²) < 4.78 is 42.4. The highest BCUT2D eigenvalue weighted by Crippen LogP contribution is 2.33. The first-order valence-corrected chi connectivity index (χ1v) is 5.65. The van der Waals surface area contributed by atoms with Gasteiger partial charge in [0.15, 0.2) is 0 Å². The predicted molar refractivity (Wildman–Crippen MR) is 62.3 cm³/mol. The number of rotatable bonds is 6. The van der Waals surface area contributed by atoms with E-state index in [0.717, 1.165) is 25.0 Å². The Hall–Kier alpha value is -1.43. The second-order valence-electron chi connectivity index (χ2n) is 3.88. The minimum Gasteiger partial charge on any atom is -0.491 e. The highest BCUT2D eigenvalue weighted by molar-refractivity contribution is 5.54. The third kappa shape index (κ3) is 4.44. The minimum absolute atomic E-state index is 0.0213. The van der Waals surface area contributed by atoms with Gasteiger partial charge in [-0.05, 0) is 37.5 Å². The zero-order chi connectivity index (χ0) is 13.6. The van der Waals surface area contributed by atoms with E-state index < -0.39 is 11.7 Å². The summed E-state index contributed by atoms with van der Waals surface area (Å²) in [6, 6.07) is 3.03. The molecule has 0 aliphatic heterocycles. The fraction of sp³-hybridized carbons (Fsp3) is 0.500. The SMILES string of the molecule is Nc1cc(C(F)(F)F)ccc1OCCCCCO. The second-order valence-corrected chi connectivity index (χ2v) is 3.88. The maximum Gasteiger partial charge on any atom is 0.416 e. The van der Waals surface area contributed by atoms with E-state index in [4.69, 9.17) is 15.6 Å². The average molecular weight is 263 g/mol. The van der Waals surface area contributed by atoms with Gasteiger partial charge >= 0.3 is 6.18 Å². The van der Waals surface area contributed by atoms with Crippen molar-refractivity contribution in [2.24, 2.45) is 0 Å². The van der Waals surface area contributed by atoms with Crippen LogP contribution in [0.1, 0.15) is 24.8 Å². The molecule has 6 heteroatoms. The van der Waals surface area contributed by atoms with E-state index in [2.05, 4.69) is 0 Å². The molecular formula is C12H16F3NO2. The van der Waals surface area contributed by atoms with E-state index in [1.54, 1.807) is 0 Å². The van der Waals surface area contributed by atoms with E-state index in [0.29, 0.717) is 13.0 Å². The fourth-order valence-electron chi connectivity index (χ4n) is 1.43. The van der Waals surface area contributed by atoms with Crippen molar-refractivity contribution in [1.82, 2.24) is 0 Å². The molecule has 0 radical (unpaired) electrons. The van der Waals surface area contributed by atoms with Gasteiger partial charge in [-0.1, -0.05) is 0 Å². The molecule has 0 aromatic heterocycles. The molecule has 3 N–H and O–H groups in total. The molecule has 0 aliphatic rings. The Bertz CT molecular complexity index is 380. The zero-order valence-electron chi connectivity index (χ0n) is 9.83. The van der Waals surface area contributed by atoms with Crippen LogP contribution < -0.4 is 10.5 Å². The number of anilines is 1. The van der Waals surface area contributed by atoms with Crippen LogP contribution in [0.2, 0.25) is 0 Å². The molecule has 0 amide bonds. The van der Waals surface area contributed by atoms with E-state index in [1.807, 2.05) is 0 Å². The summed E-state index contributed by atoms with van der Waals surface area (Å²) >= 11 is 0. The molecule has 0 fully saturated rings. The second kappa shape index (κ2) is 6.49. The van der Waals surface area contributed by atoms with E-state index in [9.17, 15) is 13.2 Å². The van der Waals surface area contributed by atoms with Crippen LogP contribution in [0.4, 0.5) is 18.9 Å². The van der Waals surface area contributed by atoms with Gasteiger partial charge in [-0.15, -0.1) is 0 Å². The van der Waals surface area contributed by atoms with Crippen molar-refractivity contribution in [3.8, 4) is 5.75 Å². The lowest BCUT2D eigenvalue weighted by Crippen LogP contribution is -2.07. The first kappa shape index (κ1) is 14.6. The zero-order valence-corrected chi connectivity index (χ0v) is 9.83. The predicted octanol–water partition coefficient (Wildman–Crippen LogP) is 2.83. The molecule has 0 aliphatic carbocycles. The van der Waals surface area contributed by atoms with Gasteiger partial charge in [0, 0.05) is 6.61 Å². The third-order valence-electron chi connectivity index (χ3n) is 2.40. The molecule has 18 heavy (non-hydrogen) atoms. The van der Waals surface area contributed by atoms with Gasteiger partial charge in [0.1, 0.15) is 5.75 Å². The molecule has 1 aromatic rings. The maximum atomic E-state index is 12.4. The molecule has 0 atom stereocenters. The average Bonchev–Trinajstić information content (AvgIpc) is 2.29. The van der Waals surface area contributed by atoms with Crippen LogP contribution in [0.25, 0.3) is 0 Å². The largest absolute Gasteiger partial charge is 0.491 e. The summed E-state index contributed by atoms with van der Waals surface area (Å²) in [5.41, 5.74) is 4.69. The number of benzene rings is 1. The molecule has 1 aromatic carbocycles. The fourth-order valence-corrected chi connectivity index (χ4v) is 1.43. The molecule has 0 saturated carbocycles. The van der Waals surface area contributed by atoms with Crippen LogP contribution in [0, 0.1) is 0 Å². The number of nitrogens with two attached hydrogens (primary N) is 1. The van der Waals surface area contributed by atoms with Gasteiger partial charge in [-0.3, -0.25) is 0 Å². The number of aliphatic hydroxyl groups excluding tert-OH is 1. The van der Waals surface area contributed by atoms with Crippen LogP contribution >= 0.6 is 0 Å². The number of aliphatic hydroxyl groups is 1. The molecule has 0 spiro atoms. The van der Waals surface area contributed by atoms with E-state index in [-0.39, 0.29) is 18.0 Å². The lowest BCUT2D eigenvalue weighted by molar-refractivity contribution is -0.137. The Morgan fingerprint density at radius 1 is 1.17 bits per heavy atom. The summed E-state index contributed by atoms with van der Waals surface area (Å²) in [4.78, 5) is 0. The van der Waals surface area contributed by atoms with Crippen molar-refractivity contribution in [1.29, 1.82) is 0 Å². The number of ether oxygens (including phenoxy) is 1. The van der Waals surface area contributed by atoms with Gasteiger partial charge in [0.2, 0.25) is 0 Å². The van der Waals surface area contributed by atoms with Crippen LogP contribution in [-0.4, -0.2) is 18.3 Å². The van der Waals surface area contributed by atoms with Gasteiger partial charge < -0.3 is 15.6 Å². The summed E-state index contributed by atoms with van der Waals surface area (Å²) in [5, 5.41) is 8.57.